The van der Waals surface area contributed by atoms with Crippen LogP contribution in [-0.4, -0.2) is 48.7 Å². The Balaban J connectivity index is 3.91. The highest BCUT2D eigenvalue weighted by molar-refractivity contribution is 5.75. The second-order valence-corrected chi connectivity index (χ2v) is 5.44. The van der Waals surface area contributed by atoms with Gasteiger partial charge in [-0.25, -0.2) is 0 Å². The number of amides is 1. The van der Waals surface area contributed by atoms with Crippen molar-refractivity contribution >= 4 is 5.91 Å². The Morgan fingerprint density at radius 1 is 1.29 bits per heavy atom. The van der Waals surface area contributed by atoms with Crippen molar-refractivity contribution in [3.8, 4) is 0 Å². The Hall–Kier alpha value is -0.610. The van der Waals surface area contributed by atoms with Gasteiger partial charge >= 0.3 is 0 Å². The van der Waals surface area contributed by atoms with Gasteiger partial charge in [0.25, 0.3) is 0 Å². The van der Waals surface area contributed by atoms with Crippen molar-refractivity contribution in [3.05, 3.63) is 0 Å². The van der Waals surface area contributed by atoms with Crippen LogP contribution in [0.1, 0.15) is 40.0 Å². The smallest absolute Gasteiger partial charge is 0.220 e. The molecule has 2 atom stereocenters. The molecule has 0 saturated carbocycles. The lowest BCUT2D eigenvalue weighted by molar-refractivity contribution is -0.121. The first kappa shape index (κ1) is 16.4. The zero-order chi connectivity index (χ0) is 13.4. The van der Waals surface area contributed by atoms with Gasteiger partial charge in [-0.1, -0.05) is 13.8 Å². The summed E-state index contributed by atoms with van der Waals surface area (Å²) in [6, 6.07) is 0.380. The third-order valence-corrected chi connectivity index (χ3v) is 2.80. The van der Waals surface area contributed by atoms with E-state index in [9.17, 15) is 4.79 Å². The molecule has 0 aromatic heterocycles. The summed E-state index contributed by atoms with van der Waals surface area (Å²) in [7, 11) is 4.07. The second kappa shape index (κ2) is 8.48. The third-order valence-electron chi connectivity index (χ3n) is 2.80. The van der Waals surface area contributed by atoms with Crippen LogP contribution in [0.3, 0.4) is 0 Å². The maximum absolute atomic E-state index is 11.5. The van der Waals surface area contributed by atoms with Gasteiger partial charge in [0.2, 0.25) is 5.91 Å². The average molecular weight is 244 g/mol. The Labute approximate surface area is 105 Å². The first-order chi connectivity index (χ1) is 7.82. The molecule has 0 aromatic carbocycles. The van der Waals surface area contributed by atoms with Gasteiger partial charge in [0.15, 0.2) is 0 Å². The van der Waals surface area contributed by atoms with Gasteiger partial charge in [-0.05, 0) is 39.8 Å². The number of hydrogen-bond donors (Lipinski definition) is 2. The zero-order valence-electron chi connectivity index (χ0n) is 11.9. The molecule has 0 saturated heterocycles. The SMILES string of the molecule is CC(C)CC(CNC(=O)CCC(C)O)N(C)C. The monoisotopic (exact) mass is 244 g/mol. The average Bonchev–Trinajstić information content (AvgIpc) is 2.20. The van der Waals surface area contributed by atoms with Crippen LogP contribution in [0.2, 0.25) is 0 Å². The number of carbonyl (C=O) groups is 1. The minimum atomic E-state index is -0.402. The molecule has 102 valence electrons. The summed E-state index contributed by atoms with van der Waals surface area (Å²) in [5.41, 5.74) is 0. The first-order valence-corrected chi connectivity index (χ1v) is 6.44. The van der Waals surface area contributed by atoms with Crippen molar-refractivity contribution in [2.24, 2.45) is 5.92 Å². The van der Waals surface area contributed by atoms with E-state index in [0.717, 1.165) is 6.42 Å². The van der Waals surface area contributed by atoms with Crippen molar-refractivity contribution in [2.75, 3.05) is 20.6 Å². The van der Waals surface area contributed by atoms with E-state index in [1.807, 2.05) is 14.1 Å². The van der Waals surface area contributed by atoms with Gasteiger partial charge in [0, 0.05) is 19.0 Å². The number of likely N-dealkylation sites (N-methyl/N-ethyl adjacent to an activating group) is 1. The molecular weight excluding hydrogens is 216 g/mol. The number of rotatable bonds is 8. The minimum absolute atomic E-state index is 0.0292. The lowest BCUT2D eigenvalue weighted by Crippen LogP contribution is -2.41. The fraction of sp³-hybridized carbons (Fsp3) is 0.923. The van der Waals surface area contributed by atoms with Crippen LogP contribution in [0.4, 0.5) is 0 Å². The van der Waals surface area contributed by atoms with Crippen LogP contribution >= 0.6 is 0 Å². The van der Waals surface area contributed by atoms with Crippen molar-refractivity contribution in [1.82, 2.24) is 10.2 Å². The Morgan fingerprint density at radius 2 is 1.88 bits per heavy atom. The van der Waals surface area contributed by atoms with E-state index in [1.165, 1.54) is 0 Å². The molecule has 0 bridgehead atoms. The van der Waals surface area contributed by atoms with Gasteiger partial charge in [-0.3, -0.25) is 4.79 Å². The third kappa shape index (κ3) is 9.12. The standard InChI is InChI=1S/C13H28N2O2/c1-10(2)8-12(15(4)5)9-14-13(17)7-6-11(3)16/h10-12,16H,6-9H2,1-5H3,(H,14,17). The number of hydrogen-bond acceptors (Lipinski definition) is 3. The second-order valence-electron chi connectivity index (χ2n) is 5.44. The highest BCUT2D eigenvalue weighted by atomic mass is 16.3. The van der Waals surface area contributed by atoms with Crippen LogP contribution in [0.15, 0.2) is 0 Å². The summed E-state index contributed by atoms with van der Waals surface area (Å²) in [5.74, 6) is 0.651. The number of nitrogens with one attached hydrogen (secondary N) is 1. The maximum Gasteiger partial charge on any atom is 0.220 e. The molecule has 1 amide bonds. The van der Waals surface area contributed by atoms with Crippen molar-refractivity contribution in [1.29, 1.82) is 0 Å². The molecule has 0 heterocycles. The molecule has 0 fully saturated rings. The predicted molar refractivity (Wildman–Crippen MR) is 70.9 cm³/mol. The van der Waals surface area contributed by atoms with E-state index in [1.54, 1.807) is 6.92 Å². The molecule has 0 aliphatic carbocycles. The van der Waals surface area contributed by atoms with E-state index < -0.39 is 6.10 Å². The highest BCUT2D eigenvalue weighted by Gasteiger charge is 2.14. The molecule has 2 N–H and O–H groups in total. The fourth-order valence-corrected chi connectivity index (χ4v) is 1.68. The van der Waals surface area contributed by atoms with Gasteiger partial charge in [0.1, 0.15) is 0 Å². The number of aliphatic hydroxyl groups is 1. The number of carbonyl (C=O) groups excluding carboxylic acids is 1. The van der Waals surface area contributed by atoms with Crippen LogP contribution in [0.5, 0.6) is 0 Å². The summed E-state index contributed by atoms with van der Waals surface area (Å²) in [4.78, 5) is 13.7. The largest absolute Gasteiger partial charge is 0.393 e. The van der Waals surface area contributed by atoms with Crippen LogP contribution < -0.4 is 5.32 Å². The lowest BCUT2D eigenvalue weighted by atomic mass is 10.0. The number of nitrogens with zero attached hydrogens (tertiary/aromatic N) is 1. The van der Waals surface area contributed by atoms with Crippen molar-refractivity contribution in [2.45, 2.75) is 52.2 Å². The maximum atomic E-state index is 11.5. The zero-order valence-corrected chi connectivity index (χ0v) is 11.9. The van der Waals surface area contributed by atoms with E-state index >= 15 is 0 Å². The van der Waals surface area contributed by atoms with Gasteiger partial charge in [-0.15, -0.1) is 0 Å². The van der Waals surface area contributed by atoms with E-state index in [2.05, 4.69) is 24.1 Å². The molecule has 17 heavy (non-hydrogen) atoms. The van der Waals surface area contributed by atoms with E-state index in [-0.39, 0.29) is 5.91 Å². The van der Waals surface area contributed by atoms with E-state index in [4.69, 9.17) is 5.11 Å². The molecule has 0 spiro atoms. The minimum Gasteiger partial charge on any atom is -0.393 e. The lowest BCUT2D eigenvalue weighted by Gasteiger charge is -2.26. The summed E-state index contributed by atoms with van der Waals surface area (Å²) >= 11 is 0. The summed E-state index contributed by atoms with van der Waals surface area (Å²) in [6.07, 6.45) is 1.60. The molecule has 0 rings (SSSR count). The molecule has 0 aliphatic rings. The van der Waals surface area contributed by atoms with Crippen molar-refractivity contribution < 1.29 is 9.90 Å². The number of aliphatic hydroxyl groups excluding tert-OH is 1. The molecule has 4 nitrogen and oxygen atoms in total. The predicted octanol–water partition coefficient (Wildman–Crippen LogP) is 1.24. The topological polar surface area (TPSA) is 52.6 Å². The molecular formula is C13H28N2O2. The summed E-state index contributed by atoms with van der Waals surface area (Å²) in [5, 5.41) is 12.0. The molecule has 0 aliphatic heterocycles. The van der Waals surface area contributed by atoms with Gasteiger partial charge in [-0.2, -0.15) is 0 Å². The molecule has 4 heteroatoms. The van der Waals surface area contributed by atoms with E-state index in [0.29, 0.717) is 31.3 Å². The molecule has 2 unspecified atom stereocenters. The summed E-state index contributed by atoms with van der Waals surface area (Å²) in [6.45, 7) is 6.76. The Morgan fingerprint density at radius 3 is 2.29 bits per heavy atom. The summed E-state index contributed by atoms with van der Waals surface area (Å²) < 4.78 is 0. The Kier molecular flexibility index (Phi) is 8.17. The molecule has 0 radical (unpaired) electrons. The highest BCUT2D eigenvalue weighted by Crippen LogP contribution is 2.08. The normalized spacial score (nSPS) is 15.1. The van der Waals surface area contributed by atoms with Gasteiger partial charge in [0.05, 0.1) is 6.10 Å². The Bertz CT molecular complexity index is 215. The van der Waals surface area contributed by atoms with Crippen LogP contribution in [0, 0.1) is 5.92 Å². The fourth-order valence-electron chi connectivity index (χ4n) is 1.68. The molecule has 0 aromatic rings. The quantitative estimate of drug-likeness (QED) is 0.675. The van der Waals surface area contributed by atoms with Crippen molar-refractivity contribution in [3.63, 3.8) is 0 Å². The first-order valence-electron chi connectivity index (χ1n) is 6.44. The van der Waals surface area contributed by atoms with Gasteiger partial charge < -0.3 is 15.3 Å². The van der Waals surface area contributed by atoms with Crippen LogP contribution in [-0.2, 0) is 4.79 Å². The van der Waals surface area contributed by atoms with Crippen LogP contribution in [0.25, 0.3) is 0 Å².